The first-order chi connectivity index (χ1) is 9.60. The van der Waals surface area contributed by atoms with Crippen molar-refractivity contribution in [2.75, 3.05) is 19.7 Å². The third-order valence-electron chi connectivity index (χ3n) is 4.14. The summed E-state index contributed by atoms with van der Waals surface area (Å²) in [4.78, 5) is 14.2. The van der Waals surface area contributed by atoms with Gasteiger partial charge in [-0.1, -0.05) is 22.0 Å². The van der Waals surface area contributed by atoms with E-state index in [0.717, 1.165) is 36.8 Å². The smallest absolute Gasteiger partial charge is 0.222 e. The molecule has 0 aromatic heterocycles. The number of piperidine rings is 1. The molecule has 1 saturated heterocycles. The molecule has 0 radical (unpaired) electrons. The number of hydrogen-bond donors (Lipinski definition) is 1. The minimum absolute atomic E-state index is 0.237. The number of hydrogen-bond acceptors (Lipinski definition) is 2. The molecule has 0 aliphatic carbocycles. The van der Waals surface area contributed by atoms with Gasteiger partial charge in [0.05, 0.1) is 0 Å². The fourth-order valence-corrected chi connectivity index (χ4v) is 3.08. The van der Waals surface area contributed by atoms with E-state index >= 15 is 0 Å². The van der Waals surface area contributed by atoms with Crippen molar-refractivity contribution in [3.63, 3.8) is 0 Å². The van der Waals surface area contributed by atoms with Crippen LogP contribution in [0, 0.1) is 12.8 Å². The highest BCUT2D eigenvalue weighted by Crippen LogP contribution is 2.20. The lowest BCUT2D eigenvalue weighted by Gasteiger charge is -2.31. The Labute approximate surface area is 129 Å². The van der Waals surface area contributed by atoms with Crippen molar-refractivity contribution in [1.82, 2.24) is 4.90 Å². The van der Waals surface area contributed by atoms with Gasteiger partial charge in [-0.3, -0.25) is 4.79 Å². The number of carbonyl (C=O) groups is 1. The summed E-state index contributed by atoms with van der Waals surface area (Å²) in [5, 5.41) is 9.12. The van der Waals surface area contributed by atoms with Crippen molar-refractivity contribution in [2.24, 2.45) is 5.92 Å². The van der Waals surface area contributed by atoms with Gasteiger partial charge >= 0.3 is 0 Å². The van der Waals surface area contributed by atoms with Gasteiger partial charge in [0.2, 0.25) is 5.91 Å². The van der Waals surface area contributed by atoms with Crippen molar-refractivity contribution in [1.29, 1.82) is 0 Å². The molecule has 1 fully saturated rings. The molecule has 4 heteroatoms. The van der Waals surface area contributed by atoms with Gasteiger partial charge in [0.15, 0.2) is 0 Å². The first-order valence-electron chi connectivity index (χ1n) is 7.24. The van der Waals surface area contributed by atoms with E-state index in [4.69, 9.17) is 5.11 Å². The average Bonchev–Trinajstić information content (AvgIpc) is 2.48. The van der Waals surface area contributed by atoms with Gasteiger partial charge in [-0.05, 0) is 55.4 Å². The molecule has 0 atom stereocenters. The SMILES string of the molecule is Cc1ccc(Br)cc1CCC(=O)N1CCC(CO)CC1. The van der Waals surface area contributed by atoms with Crippen LogP contribution in [-0.4, -0.2) is 35.6 Å². The second kappa shape index (κ2) is 7.23. The fourth-order valence-electron chi connectivity index (χ4n) is 2.67. The predicted octanol–water partition coefficient (Wildman–Crippen LogP) is 2.92. The minimum atomic E-state index is 0.237. The molecular weight excluding hydrogens is 318 g/mol. The number of amides is 1. The zero-order valence-corrected chi connectivity index (χ0v) is 13.5. The average molecular weight is 340 g/mol. The Morgan fingerprint density at radius 3 is 2.75 bits per heavy atom. The van der Waals surface area contributed by atoms with Crippen LogP contribution in [0.4, 0.5) is 0 Å². The Morgan fingerprint density at radius 2 is 2.10 bits per heavy atom. The number of nitrogens with zero attached hydrogens (tertiary/aromatic N) is 1. The van der Waals surface area contributed by atoms with E-state index in [1.807, 2.05) is 11.0 Å². The number of benzene rings is 1. The van der Waals surface area contributed by atoms with Crippen LogP contribution in [-0.2, 0) is 11.2 Å². The third kappa shape index (κ3) is 4.06. The summed E-state index contributed by atoms with van der Waals surface area (Å²) >= 11 is 3.48. The van der Waals surface area contributed by atoms with Gasteiger partial charge in [-0.15, -0.1) is 0 Å². The first-order valence-corrected chi connectivity index (χ1v) is 8.03. The molecule has 0 saturated carbocycles. The number of carbonyl (C=O) groups excluding carboxylic acids is 1. The molecule has 1 aromatic carbocycles. The summed E-state index contributed by atoms with van der Waals surface area (Å²) in [7, 11) is 0. The molecule has 1 aliphatic rings. The summed E-state index contributed by atoms with van der Waals surface area (Å²) in [5.41, 5.74) is 2.47. The van der Waals surface area contributed by atoms with Gasteiger partial charge in [0.25, 0.3) is 0 Å². The Kier molecular flexibility index (Phi) is 5.61. The highest BCUT2D eigenvalue weighted by Gasteiger charge is 2.21. The molecule has 20 heavy (non-hydrogen) atoms. The van der Waals surface area contributed by atoms with Crippen molar-refractivity contribution in [3.05, 3.63) is 33.8 Å². The van der Waals surface area contributed by atoms with Gasteiger partial charge in [0, 0.05) is 30.6 Å². The van der Waals surface area contributed by atoms with E-state index in [2.05, 4.69) is 35.0 Å². The standard InChI is InChI=1S/C16H22BrNO2/c1-12-2-4-15(17)10-14(12)3-5-16(20)18-8-6-13(11-19)7-9-18/h2,4,10,13,19H,3,5-9,11H2,1H3. The number of aliphatic hydroxyl groups excluding tert-OH is 1. The van der Waals surface area contributed by atoms with Crippen molar-refractivity contribution in [3.8, 4) is 0 Å². The third-order valence-corrected chi connectivity index (χ3v) is 4.64. The molecule has 1 aliphatic heterocycles. The second-order valence-corrected chi connectivity index (χ2v) is 6.49. The van der Waals surface area contributed by atoms with E-state index in [1.54, 1.807) is 0 Å². The van der Waals surface area contributed by atoms with Crippen LogP contribution in [0.5, 0.6) is 0 Å². The largest absolute Gasteiger partial charge is 0.396 e. The van der Waals surface area contributed by atoms with E-state index in [9.17, 15) is 4.79 Å². The molecule has 0 spiro atoms. The highest BCUT2D eigenvalue weighted by molar-refractivity contribution is 9.10. The van der Waals surface area contributed by atoms with E-state index in [-0.39, 0.29) is 12.5 Å². The van der Waals surface area contributed by atoms with E-state index in [1.165, 1.54) is 11.1 Å². The summed E-state index contributed by atoms with van der Waals surface area (Å²) in [5.74, 6) is 0.618. The number of rotatable bonds is 4. The summed E-state index contributed by atoms with van der Waals surface area (Å²) < 4.78 is 1.06. The van der Waals surface area contributed by atoms with Crippen LogP contribution in [0.3, 0.4) is 0 Å². The normalized spacial score (nSPS) is 16.4. The molecule has 1 aromatic rings. The Morgan fingerprint density at radius 1 is 1.40 bits per heavy atom. The second-order valence-electron chi connectivity index (χ2n) is 5.58. The van der Waals surface area contributed by atoms with Gasteiger partial charge in [-0.2, -0.15) is 0 Å². The molecule has 110 valence electrons. The zero-order valence-electron chi connectivity index (χ0n) is 11.9. The molecular formula is C16H22BrNO2. The van der Waals surface area contributed by atoms with Crippen LogP contribution in [0.15, 0.2) is 22.7 Å². The number of aliphatic hydroxyl groups is 1. The lowest BCUT2D eigenvalue weighted by Crippen LogP contribution is -2.39. The first kappa shape index (κ1) is 15.5. The molecule has 0 bridgehead atoms. The maximum absolute atomic E-state index is 12.2. The topological polar surface area (TPSA) is 40.5 Å². The Bertz CT molecular complexity index is 468. The number of likely N-dealkylation sites (tertiary alicyclic amines) is 1. The van der Waals surface area contributed by atoms with Crippen LogP contribution < -0.4 is 0 Å². The van der Waals surface area contributed by atoms with Crippen LogP contribution >= 0.6 is 15.9 Å². The molecule has 1 N–H and O–H groups in total. The molecule has 1 amide bonds. The van der Waals surface area contributed by atoms with E-state index in [0.29, 0.717) is 12.3 Å². The van der Waals surface area contributed by atoms with Crippen molar-refractivity contribution >= 4 is 21.8 Å². The quantitative estimate of drug-likeness (QED) is 0.916. The van der Waals surface area contributed by atoms with Crippen LogP contribution in [0.25, 0.3) is 0 Å². The molecule has 1 heterocycles. The van der Waals surface area contributed by atoms with Crippen molar-refractivity contribution < 1.29 is 9.90 Å². The van der Waals surface area contributed by atoms with Gasteiger partial charge in [0.1, 0.15) is 0 Å². The lowest BCUT2D eigenvalue weighted by atomic mass is 9.97. The van der Waals surface area contributed by atoms with Gasteiger partial charge in [-0.25, -0.2) is 0 Å². The maximum atomic E-state index is 12.2. The fraction of sp³-hybridized carbons (Fsp3) is 0.562. The predicted molar refractivity (Wildman–Crippen MR) is 83.6 cm³/mol. The zero-order chi connectivity index (χ0) is 14.5. The maximum Gasteiger partial charge on any atom is 0.222 e. The Hall–Kier alpha value is -0.870. The summed E-state index contributed by atoms with van der Waals surface area (Å²) in [6, 6.07) is 6.21. The monoisotopic (exact) mass is 339 g/mol. The van der Waals surface area contributed by atoms with Crippen LogP contribution in [0.1, 0.15) is 30.4 Å². The van der Waals surface area contributed by atoms with E-state index < -0.39 is 0 Å². The highest BCUT2D eigenvalue weighted by atomic mass is 79.9. The number of halogens is 1. The summed E-state index contributed by atoms with van der Waals surface area (Å²) in [6.07, 6.45) is 3.22. The van der Waals surface area contributed by atoms with Gasteiger partial charge < -0.3 is 10.0 Å². The minimum Gasteiger partial charge on any atom is -0.396 e. The lowest BCUT2D eigenvalue weighted by molar-refractivity contribution is -0.132. The van der Waals surface area contributed by atoms with Crippen LogP contribution in [0.2, 0.25) is 0 Å². The molecule has 3 nitrogen and oxygen atoms in total. The Balaban J connectivity index is 1.85. The summed E-state index contributed by atoms with van der Waals surface area (Å²) in [6.45, 7) is 3.92. The molecule has 0 unspecified atom stereocenters. The van der Waals surface area contributed by atoms with Crippen molar-refractivity contribution in [2.45, 2.75) is 32.6 Å². The molecule has 2 rings (SSSR count). The number of aryl methyl sites for hydroxylation is 2.